The minimum Gasteiger partial charge on any atom is -0.488 e. The maximum absolute atomic E-state index is 13.7. The normalized spacial score (nSPS) is 13.9. The van der Waals surface area contributed by atoms with Gasteiger partial charge in [0, 0.05) is 31.3 Å². The zero-order valence-electron chi connectivity index (χ0n) is 21.0. The summed E-state index contributed by atoms with van der Waals surface area (Å²) in [5, 5.41) is 9.27. The second-order valence-corrected chi connectivity index (χ2v) is 9.42. The Balaban J connectivity index is 1.62. The molecule has 0 bridgehead atoms. The fraction of sp³-hybridized carbons (Fsp3) is 0.323. The maximum atomic E-state index is 13.7. The molecule has 0 atom stereocenters. The van der Waals surface area contributed by atoms with Crippen LogP contribution < -0.4 is 9.47 Å². The highest BCUT2D eigenvalue weighted by atomic mass is 16.5. The predicted octanol–water partition coefficient (Wildman–Crippen LogP) is 6.11. The van der Waals surface area contributed by atoms with E-state index in [0.29, 0.717) is 49.3 Å². The average molecular weight is 486 g/mol. The molecule has 1 amide bonds. The summed E-state index contributed by atoms with van der Waals surface area (Å²) in [5.74, 6) is 1.58. The van der Waals surface area contributed by atoms with Crippen LogP contribution in [-0.4, -0.2) is 35.6 Å². The van der Waals surface area contributed by atoms with Crippen molar-refractivity contribution in [2.45, 2.75) is 39.4 Å². The first-order valence-electron chi connectivity index (χ1n) is 12.6. The van der Waals surface area contributed by atoms with E-state index in [9.17, 15) is 9.90 Å². The standard InChI is InChI=1S/C31H35NO4/c1-23(2)27-19-28(31(34)32-16-13-24(14-17-32)15-18-33)30(36-22-26-11-7-4-8-12-26)20-29(27)35-21-25-9-5-3-6-10-25/h3-12,19-20,24,33H,1,13-18,21-22H2,2H3. The van der Waals surface area contributed by atoms with E-state index in [2.05, 4.69) is 6.58 Å². The zero-order valence-corrected chi connectivity index (χ0v) is 21.0. The molecule has 5 heteroatoms. The number of allylic oxidation sites excluding steroid dienone is 1. The van der Waals surface area contributed by atoms with Crippen LogP contribution in [0.25, 0.3) is 5.57 Å². The Morgan fingerprint density at radius 3 is 1.92 bits per heavy atom. The van der Waals surface area contributed by atoms with Crippen LogP contribution in [-0.2, 0) is 13.2 Å². The predicted molar refractivity (Wildman–Crippen MR) is 143 cm³/mol. The molecule has 188 valence electrons. The number of carbonyl (C=O) groups is 1. The highest BCUT2D eigenvalue weighted by Gasteiger charge is 2.27. The quantitative estimate of drug-likeness (QED) is 0.376. The van der Waals surface area contributed by atoms with Crippen molar-refractivity contribution in [2.75, 3.05) is 19.7 Å². The SMILES string of the molecule is C=C(C)c1cc(C(=O)N2CCC(CCO)CC2)c(OCc2ccccc2)cc1OCc1ccccc1. The van der Waals surface area contributed by atoms with Crippen molar-refractivity contribution in [3.63, 3.8) is 0 Å². The minimum absolute atomic E-state index is 0.0439. The van der Waals surface area contributed by atoms with Crippen molar-refractivity contribution in [1.29, 1.82) is 0 Å². The number of carbonyl (C=O) groups excluding carboxylic acids is 1. The van der Waals surface area contributed by atoms with Crippen molar-refractivity contribution in [2.24, 2.45) is 5.92 Å². The van der Waals surface area contributed by atoms with E-state index in [1.54, 1.807) is 0 Å². The van der Waals surface area contributed by atoms with Crippen LogP contribution in [0.5, 0.6) is 11.5 Å². The van der Waals surface area contributed by atoms with E-state index < -0.39 is 0 Å². The summed E-state index contributed by atoms with van der Waals surface area (Å²) in [7, 11) is 0. The van der Waals surface area contributed by atoms with Crippen LogP contribution in [0.15, 0.2) is 79.4 Å². The lowest BCUT2D eigenvalue weighted by molar-refractivity contribution is 0.0673. The number of likely N-dealkylation sites (tertiary alicyclic amines) is 1. The van der Waals surface area contributed by atoms with Gasteiger partial charge in [0.25, 0.3) is 5.91 Å². The Labute approximate surface area is 214 Å². The number of nitrogens with zero attached hydrogens (tertiary/aromatic N) is 1. The van der Waals surface area contributed by atoms with Gasteiger partial charge in [-0.3, -0.25) is 4.79 Å². The molecule has 1 aliphatic heterocycles. The molecule has 1 heterocycles. The molecule has 0 saturated carbocycles. The molecular weight excluding hydrogens is 450 g/mol. The third-order valence-electron chi connectivity index (χ3n) is 6.69. The number of amides is 1. The second kappa shape index (κ2) is 12.4. The number of benzene rings is 3. The number of rotatable bonds is 10. The summed E-state index contributed by atoms with van der Waals surface area (Å²) >= 11 is 0. The first-order valence-corrected chi connectivity index (χ1v) is 12.6. The number of hydrogen-bond donors (Lipinski definition) is 1. The molecule has 0 aromatic heterocycles. The lowest BCUT2D eigenvalue weighted by Gasteiger charge is -2.32. The molecule has 1 fully saturated rings. The van der Waals surface area contributed by atoms with Crippen LogP contribution in [0, 0.1) is 5.92 Å². The summed E-state index contributed by atoms with van der Waals surface area (Å²) in [4.78, 5) is 15.6. The fourth-order valence-corrected chi connectivity index (χ4v) is 4.55. The van der Waals surface area contributed by atoms with Crippen LogP contribution in [0.1, 0.15) is 53.2 Å². The minimum atomic E-state index is -0.0439. The van der Waals surface area contributed by atoms with Gasteiger partial charge in [0.1, 0.15) is 24.7 Å². The Morgan fingerprint density at radius 2 is 1.42 bits per heavy atom. The number of aliphatic hydroxyl groups is 1. The lowest BCUT2D eigenvalue weighted by atomic mass is 9.93. The summed E-state index contributed by atoms with van der Waals surface area (Å²) in [6.07, 6.45) is 2.59. The van der Waals surface area contributed by atoms with Gasteiger partial charge < -0.3 is 19.5 Å². The molecule has 3 aromatic carbocycles. The van der Waals surface area contributed by atoms with Gasteiger partial charge in [-0.1, -0.05) is 67.2 Å². The number of ether oxygens (including phenoxy) is 2. The summed E-state index contributed by atoms with van der Waals surface area (Å²) < 4.78 is 12.4. The Kier molecular flexibility index (Phi) is 8.80. The summed E-state index contributed by atoms with van der Waals surface area (Å²) in [5.41, 5.74) is 4.23. The van der Waals surface area contributed by atoms with E-state index in [0.717, 1.165) is 41.5 Å². The van der Waals surface area contributed by atoms with Gasteiger partial charge in [0.2, 0.25) is 0 Å². The third-order valence-corrected chi connectivity index (χ3v) is 6.69. The van der Waals surface area contributed by atoms with Crippen LogP contribution in [0.2, 0.25) is 0 Å². The van der Waals surface area contributed by atoms with E-state index in [1.165, 1.54) is 0 Å². The van der Waals surface area contributed by atoms with Crippen LogP contribution >= 0.6 is 0 Å². The maximum Gasteiger partial charge on any atom is 0.257 e. The van der Waals surface area contributed by atoms with Crippen LogP contribution in [0.3, 0.4) is 0 Å². The van der Waals surface area contributed by atoms with Gasteiger partial charge in [0.15, 0.2) is 0 Å². The summed E-state index contributed by atoms with van der Waals surface area (Å²) in [6.45, 7) is 8.37. The smallest absolute Gasteiger partial charge is 0.257 e. The Hall–Kier alpha value is -3.57. The van der Waals surface area contributed by atoms with E-state index in [-0.39, 0.29) is 12.5 Å². The molecule has 36 heavy (non-hydrogen) atoms. The monoisotopic (exact) mass is 485 g/mol. The molecule has 3 aromatic rings. The van der Waals surface area contributed by atoms with Crippen molar-refractivity contribution in [3.8, 4) is 11.5 Å². The average Bonchev–Trinajstić information content (AvgIpc) is 2.92. The highest BCUT2D eigenvalue weighted by molar-refractivity contribution is 5.98. The largest absolute Gasteiger partial charge is 0.488 e. The highest BCUT2D eigenvalue weighted by Crippen LogP contribution is 2.35. The summed E-state index contributed by atoms with van der Waals surface area (Å²) in [6, 6.07) is 23.6. The number of hydrogen-bond acceptors (Lipinski definition) is 4. The van der Waals surface area contributed by atoms with E-state index in [1.807, 2.05) is 84.6 Å². The molecule has 0 unspecified atom stereocenters. The number of piperidine rings is 1. The second-order valence-electron chi connectivity index (χ2n) is 9.42. The fourth-order valence-electron chi connectivity index (χ4n) is 4.55. The van der Waals surface area contributed by atoms with Crippen molar-refractivity contribution < 1.29 is 19.4 Å². The van der Waals surface area contributed by atoms with Gasteiger partial charge in [-0.15, -0.1) is 0 Å². The molecule has 1 saturated heterocycles. The molecule has 1 aliphatic rings. The van der Waals surface area contributed by atoms with Gasteiger partial charge in [-0.05, 0) is 54.9 Å². The molecular formula is C31H35NO4. The molecule has 0 radical (unpaired) electrons. The van der Waals surface area contributed by atoms with Gasteiger partial charge in [-0.25, -0.2) is 0 Å². The van der Waals surface area contributed by atoms with Gasteiger partial charge >= 0.3 is 0 Å². The Morgan fingerprint density at radius 1 is 0.889 bits per heavy atom. The van der Waals surface area contributed by atoms with Crippen molar-refractivity contribution >= 4 is 11.5 Å². The Bertz CT molecular complexity index is 1150. The lowest BCUT2D eigenvalue weighted by Crippen LogP contribution is -2.38. The van der Waals surface area contributed by atoms with Gasteiger partial charge in [0.05, 0.1) is 5.56 Å². The molecule has 1 N–H and O–H groups in total. The molecule has 0 spiro atoms. The topological polar surface area (TPSA) is 59.0 Å². The molecule has 4 rings (SSSR count). The molecule has 0 aliphatic carbocycles. The van der Waals surface area contributed by atoms with Gasteiger partial charge in [-0.2, -0.15) is 0 Å². The number of aliphatic hydroxyl groups excluding tert-OH is 1. The van der Waals surface area contributed by atoms with Crippen LogP contribution in [0.4, 0.5) is 0 Å². The first-order chi connectivity index (χ1) is 17.5. The molecule has 5 nitrogen and oxygen atoms in total. The van der Waals surface area contributed by atoms with E-state index in [4.69, 9.17) is 9.47 Å². The third kappa shape index (κ3) is 6.55. The van der Waals surface area contributed by atoms with Crippen molar-refractivity contribution in [3.05, 3.63) is 102 Å². The zero-order chi connectivity index (χ0) is 25.3. The van der Waals surface area contributed by atoms with Crippen molar-refractivity contribution in [1.82, 2.24) is 4.90 Å². The van der Waals surface area contributed by atoms with E-state index >= 15 is 0 Å². The first kappa shape index (κ1) is 25.5.